The van der Waals surface area contributed by atoms with Crippen molar-refractivity contribution in [1.82, 2.24) is 14.9 Å². The number of hydrogen-bond acceptors (Lipinski definition) is 5. The number of aryl methyl sites for hydroxylation is 1. The van der Waals surface area contributed by atoms with E-state index in [1.165, 1.54) is 6.42 Å². The van der Waals surface area contributed by atoms with E-state index in [1.54, 1.807) is 7.11 Å². The van der Waals surface area contributed by atoms with Crippen LogP contribution in [0.1, 0.15) is 43.1 Å². The molecule has 144 valence electrons. The first-order chi connectivity index (χ1) is 13.1. The highest BCUT2D eigenvalue weighted by molar-refractivity contribution is 5.39. The molecule has 2 heterocycles. The largest absolute Gasteiger partial charge is 0.496 e. The Labute approximate surface area is 161 Å². The standard InChI is InChI=1S/C22H29N3O2/c1-3-21-23-11-16(12-24-21)13-25-14-17-7-6-10-22(26,19(17)15-25)18-8-4-5-9-20(18)27-2/h4-5,8-9,11-12,17,19,26H,3,6-7,10,13-15H2,1-2H3/t17-,19-,22-/m0/s1. The molecule has 4 rings (SSSR count). The normalized spacial score (nSPS) is 28.1. The smallest absolute Gasteiger partial charge is 0.127 e. The van der Waals surface area contributed by atoms with E-state index in [0.29, 0.717) is 5.92 Å². The number of rotatable bonds is 5. The molecule has 5 heteroatoms. The number of fused-ring (bicyclic) bond motifs is 1. The zero-order chi connectivity index (χ0) is 18.9. The van der Waals surface area contributed by atoms with Crippen molar-refractivity contribution >= 4 is 0 Å². The SMILES string of the molecule is CCc1ncc(CN2C[C@@H]3CCC[C@](O)(c4ccccc4OC)[C@H]3C2)cn1. The molecule has 1 aromatic heterocycles. The van der Waals surface area contributed by atoms with E-state index in [9.17, 15) is 5.11 Å². The van der Waals surface area contributed by atoms with E-state index in [0.717, 1.165) is 61.6 Å². The summed E-state index contributed by atoms with van der Waals surface area (Å²) >= 11 is 0. The topological polar surface area (TPSA) is 58.5 Å². The average Bonchev–Trinajstić information content (AvgIpc) is 3.13. The Morgan fingerprint density at radius 1 is 1.22 bits per heavy atom. The van der Waals surface area contributed by atoms with Gasteiger partial charge in [-0.3, -0.25) is 4.90 Å². The third-order valence-electron chi connectivity index (χ3n) is 6.32. The fourth-order valence-electron chi connectivity index (χ4n) is 4.98. The molecular formula is C22H29N3O2. The molecule has 0 unspecified atom stereocenters. The molecule has 2 aliphatic rings. The third kappa shape index (κ3) is 3.46. The second-order valence-electron chi connectivity index (χ2n) is 7.94. The predicted molar refractivity (Wildman–Crippen MR) is 104 cm³/mol. The molecule has 1 saturated carbocycles. The Morgan fingerprint density at radius 2 is 2.00 bits per heavy atom. The molecule has 3 atom stereocenters. The molecule has 1 N–H and O–H groups in total. The summed E-state index contributed by atoms with van der Waals surface area (Å²) in [6.45, 7) is 4.84. The minimum atomic E-state index is -0.813. The van der Waals surface area contributed by atoms with Crippen LogP contribution >= 0.6 is 0 Å². The molecule has 2 aromatic rings. The third-order valence-corrected chi connectivity index (χ3v) is 6.32. The first-order valence-electron chi connectivity index (χ1n) is 10.0. The minimum absolute atomic E-state index is 0.235. The van der Waals surface area contributed by atoms with Crippen molar-refractivity contribution < 1.29 is 9.84 Å². The molecule has 5 nitrogen and oxygen atoms in total. The van der Waals surface area contributed by atoms with Crippen molar-refractivity contribution in [1.29, 1.82) is 0 Å². The molecule has 0 spiro atoms. The zero-order valence-corrected chi connectivity index (χ0v) is 16.3. The predicted octanol–water partition coefficient (Wildman–Crippen LogP) is 3.17. The summed E-state index contributed by atoms with van der Waals surface area (Å²) in [6.07, 6.45) is 7.79. The van der Waals surface area contributed by atoms with Gasteiger partial charge in [0.1, 0.15) is 11.6 Å². The van der Waals surface area contributed by atoms with Crippen LogP contribution in [0, 0.1) is 11.8 Å². The minimum Gasteiger partial charge on any atom is -0.496 e. The number of likely N-dealkylation sites (tertiary alicyclic amines) is 1. The summed E-state index contributed by atoms with van der Waals surface area (Å²) in [5, 5.41) is 11.7. The van der Waals surface area contributed by atoms with Crippen LogP contribution in [0.5, 0.6) is 5.75 Å². The van der Waals surface area contributed by atoms with Crippen LogP contribution < -0.4 is 4.74 Å². The summed E-state index contributed by atoms with van der Waals surface area (Å²) in [4.78, 5) is 11.3. The summed E-state index contributed by atoms with van der Waals surface area (Å²) in [7, 11) is 1.68. The lowest BCUT2D eigenvalue weighted by atomic mass is 9.67. The van der Waals surface area contributed by atoms with Crippen LogP contribution in [-0.4, -0.2) is 40.2 Å². The van der Waals surface area contributed by atoms with E-state index in [1.807, 2.05) is 36.7 Å². The maximum atomic E-state index is 11.7. The highest BCUT2D eigenvalue weighted by atomic mass is 16.5. The van der Waals surface area contributed by atoms with Gasteiger partial charge in [-0.15, -0.1) is 0 Å². The lowest BCUT2D eigenvalue weighted by Crippen LogP contribution is -2.43. The van der Waals surface area contributed by atoms with Crippen LogP contribution in [0.2, 0.25) is 0 Å². The number of para-hydroxylation sites is 1. The highest BCUT2D eigenvalue weighted by Crippen LogP contribution is 2.50. The van der Waals surface area contributed by atoms with Gasteiger partial charge < -0.3 is 9.84 Å². The molecular weight excluding hydrogens is 338 g/mol. The number of aromatic nitrogens is 2. The van der Waals surface area contributed by atoms with Crippen molar-refractivity contribution in [3.63, 3.8) is 0 Å². The van der Waals surface area contributed by atoms with Crippen LogP contribution in [0.25, 0.3) is 0 Å². The molecule has 27 heavy (non-hydrogen) atoms. The number of hydrogen-bond donors (Lipinski definition) is 1. The Kier molecular flexibility index (Phi) is 5.15. The number of aliphatic hydroxyl groups is 1. The molecule has 1 aliphatic carbocycles. The second-order valence-corrected chi connectivity index (χ2v) is 7.94. The van der Waals surface area contributed by atoms with Crippen molar-refractivity contribution in [2.75, 3.05) is 20.2 Å². The second kappa shape index (κ2) is 7.56. The van der Waals surface area contributed by atoms with Gasteiger partial charge in [0.25, 0.3) is 0 Å². The fourth-order valence-corrected chi connectivity index (χ4v) is 4.98. The van der Waals surface area contributed by atoms with Gasteiger partial charge in [0.2, 0.25) is 0 Å². The summed E-state index contributed by atoms with van der Waals surface area (Å²) in [6, 6.07) is 7.95. The fraction of sp³-hybridized carbons (Fsp3) is 0.545. The summed E-state index contributed by atoms with van der Waals surface area (Å²) in [5.41, 5.74) is 1.28. The maximum absolute atomic E-state index is 11.7. The number of benzene rings is 1. The van der Waals surface area contributed by atoms with Crippen molar-refractivity contribution in [3.8, 4) is 5.75 Å². The molecule has 1 aromatic carbocycles. The Bertz CT molecular complexity index is 779. The molecule has 0 radical (unpaired) electrons. The van der Waals surface area contributed by atoms with E-state index < -0.39 is 5.60 Å². The van der Waals surface area contributed by atoms with Gasteiger partial charge in [-0.25, -0.2) is 9.97 Å². The molecule has 1 aliphatic heterocycles. The van der Waals surface area contributed by atoms with Crippen molar-refractivity contribution in [3.05, 3.63) is 53.6 Å². The van der Waals surface area contributed by atoms with Crippen LogP contribution in [0.3, 0.4) is 0 Å². The van der Waals surface area contributed by atoms with Gasteiger partial charge in [-0.2, -0.15) is 0 Å². The molecule has 1 saturated heterocycles. The first kappa shape index (κ1) is 18.4. The molecule has 0 bridgehead atoms. The van der Waals surface area contributed by atoms with Gasteiger partial charge >= 0.3 is 0 Å². The Morgan fingerprint density at radius 3 is 2.74 bits per heavy atom. The zero-order valence-electron chi connectivity index (χ0n) is 16.3. The first-order valence-corrected chi connectivity index (χ1v) is 10.0. The van der Waals surface area contributed by atoms with Gasteiger partial charge in [0, 0.05) is 55.5 Å². The van der Waals surface area contributed by atoms with Gasteiger partial charge in [0.15, 0.2) is 0 Å². The average molecular weight is 367 g/mol. The van der Waals surface area contributed by atoms with E-state index in [4.69, 9.17) is 4.74 Å². The van der Waals surface area contributed by atoms with Crippen molar-refractivity contribution in [2.45, 2.75) is 44.8 Å². The maximum Gasteiger partial charge on any atom is 0.127 e. The van der Waals surface area contributed by atoms with E-state index in [2.05, 4.69) is 21.8 Å². The highest BCUT2D eigenvalue weighted by Gasteiger charge is 2.50. The van der Waals surface area contributed by atoms with E-state index >= 15 is 0 Å². The van der Waals surface area contributed by atoms with E-state index in [-0.39, 0.29) is 5.92 Å². The van der Waals surface area contributed by atoms with Gasteiger partial charge in [0.05, 0.1) is 12.7 Å². The van der Waals surface area contributed by atoms with Crippen LogP contribution in [0.15, 0.2) is 36.7 Å². The summed E-state index contributed by atoms with van der Waals surface area (Å²) < 4.78 is 5.57. The Balaban J connectivity index is 1.54. The van der Waals surface area contributed by atoms with Crippen LogP contribution in [-0.2, 0) is 18.6 Å². The number of methoxy groups -OCH3 is 1. The summed E-state index contributed by atoms with van der Waals surface area (Å²) in [5.74, 6) is 2.44. The molecule has 2 fully saturated rings. The number of nitrogens with zero attached hydrogens (tertiary/aromatic N) is 3. The van der Waals surface area contributed by atoms with Gasteiger partial charge in [-0.05, 0) is 31.2 Å². The van der Waals surface area contributed by atoms with Crippen LogP contribution in [0.4, 0.5) is 0 Å². The monoisotopic (exact) mass is 367 g/mol. The molecule has 0 amide bonds. The number of ether oxygens (including phenoxy) is 1. The quantitative estimate of drug-likeness (QED) is 0.880. The van der Waals surface area contributed by atoms with Crippen molar-refractivity contribution in [2.24, 2.45) is 11.8 Å². The lowest BCUT2D eigenvalue weighted by Gasteiger charge is -2.42. The Hall–Kier alpha value is -1.98. The lowest BCUT2D eigenvalue weighted by molar-refractivity contribution is -0.0662. The van der Waals surface area contributed by atoms with Gasteiger partial charge in [-0.1, -0.05) is 25.1 Å².